The van der Waals surface area contributed by atoms with Crippen molar-refractivity contribution in [3.63, 3.8) is 0 Å². The summed E-state index contributed by atoms with van der Waals surface area (Å²) in [7, 11) is -4.57. The highest BCUT2D eigenvalue weighted by molar-refractivity contribution is 7.86. The minimum Gasteiger partial charge on any atom is -0.394 e. The fourth-order valence-corrected chi connectivity index (χ4v) is 6.26. The zero-order chi connectivity index (χ0) is 38.2. The van der Waals surface area contributed by atoms with Gasteiger partial charge in [-0.3, -0.25) is 4.55 Å². The second-order valence-electron chi connectivity index (χ2n) is 11.7. The Balaban J connectivity index is 1.97. The molecule has 1 aliphatic rings. The summed E-state index contributed by atoms with van der Waals surface area (Å²) in [5, 5.41) is 36.2. The van der Waals surface area contributed by atoms with E-state index in [4.69, 9.17) is 44.1 Å². The van der Waals surface area contributed by atoms with Gasteiger partial charge in [-0.25, -0.2) is 4.58 Å². The lowest BCUT2D eigenvalue weighted by atomic mass is 9.90. The second kappa shape index (κ2) is 25.7. The monoisotopic (exact) mass is 763 g/mol. The molecule has 0 unspecified atom stereocenters. The third-order valence-corrected chi connectivity index (χ3v) is 8.94. The van der Waals surface area contributed by atoms with E-state index >= 15 is 0 Å². The van der Waals surface area contributed by atoms with Gasteiger partial charge in [0.25, 0.3) is 10.1 Å². The number of nitrogens with zero attached hydrogens (tertiary/aromatic N) is 2. The largest absolute Gasteiger partial charge is 0.394 e. The average Bonchev–Trinajstić information content (AvgIpc) is 3.16. The number of allylic oxidation sites excluding steroid dienone is 5. The highest BCUT2D eigenvalue weighted by Crippen LogP contribution is 2.34. The lowest BCUT2D eigenvalue weighted by molar-refractivity contribution is -0.530. The van der Waals surface area contributed by atoms with Gasteiger partial charge in [-0.05, 0) is 47.1 Å². The molecule has 0 saturated carbocycles. The fourth-order valence-electron chi connectivity index (χ4n) is 5.56. The van der Waals surface area contributed by atoms with Crippen LogP contribution < -0.4 is 4.90 Å². The standard InChI is InChI=1S/C38H54N2O12S/c41-18-26-48-22-3-14-39(15-23-49-27-19-42)34-10-6-32(7-11-34)38(36-4-1-2-5-37(36)53(45,46)47)33-8-12-35(13-9-33)40(16-24-50-28-20-43)17-25-51-30-31-52-29-21-44/h1-2,4-13,41-44H,3,14-31H2/p+1. The Morgan fingerprint density at radius 3 is 1.72 bits per heavy atom. The SMILES string of the molecule is O=S(=O)(O)c1ccccc1C(=C1C=CC(=[N+](CCCOCCO)CCOCCO)C=C1)c1ccc(N(CCOCCO)CCOCCOCCO)cc1. The van der Waals surface area contributed by atoms with E-state index in [0.717, 1.165) is 22.5 Å². The summed E-state index contributed by atoms with van der Waals surface area (Å²) in [5.74, 6) is 0. The maximum absolute atomic E-state index is 12.6. The molecule has 15 heteroatoms. The molecule has 1 aliphatic carbocycles. The second-order valence-corrected chi connectivity index (χ2v) is 13.1. The van der Waals surface area contributed by atoms with Crippen molar-refractivity contribution in [2.75, 3.05) is 124 Å². The summed E-state index contributed by atoms with van der Waals surface area (Å²) in [5.41, 5.74) is 4.18. The Morgan fingerprint density at radius 2 is 1.13 bits per heavy atom. The van der Waals surface area contributed by atoms with Gasteiger partial charge in [-0.2, -0.15) is 8.42 Å². The first kappa shape index (κ1) is 44.1. The maximum atomic E-state index is 12.6. The van der Waals surface area contributed by atoms with E-state index in [1.54, 1.807) is 18.2 Å². The topological polar surface area (TPSA) is 188 Å². The van der Waals surface area contributed by atoms with Gasteiger partial charge in [0.1, 0.15) is 18.0 Å². The van der Waals surface area contributed by atoms with Gasteiger partial charge in [-0.15, -0.1) is 0 Å². The molecule has 2 aromatic rings. The Morgan fingerprint density at radius 1 is 0.604 bits per heavy atom. The molecule has 0 atom stereocenters. The van der Waals surface area contributed by atoms with Crippen molar-refractivity contribution in [1.82, 2.24) is 0 Å². The molecule has 0 aliphatic heterocycles. The summed E-state index contributed by atoms with van der Waals surface area (Å²) < 4.78 is 65.0. The smallest absolute Gasteiger partial charge is 0.295 e. The summed E-state index contributed by atoms with van der Waals surface area (Å²) in [4.78, 5) is 1.88. The molecule has 294 valence electrons. The molecule has 3 rings (SSSR count). The van der Waals surface area contributed by atoms with Crippen LogP contribution in [0.2, 0.25) is 0 Å². The van der Waals surface area contributed by atoms with E-state index in [2.05, 4.69) is 9.48 Å². The van der Waals surface area contributed by atoms with Gasteiger partial charge >= 0.3 is 0 Å². The fraction of sp³-hybridized carbons (Fsp3) is 0.500. The number of rotatable bonds is 28. The molecule has 0 fully saturated rings. The summed E-state index contributed by atoms with van der Waals surface area (Å²) in [6.07, 6.45) is 8.43. The zero-order valence-electron chi connectivity index (χ0n) is 30.3. The van der Waals surface area contributed by atoms with Gasteiger partial charge in [0.05, 0.1) is 85.9 Å². The van der Waals surface area contributed by atoms with E-state index in [9.17, 15) is 13.0 Å². The summed E-state index contributed by atoms with van der Waals surface area (Å²) >= 11 is 0. The molecule has 0 spiro atoms. The quantitative estimate of drug-likeness (QED) is 0.0478. The molecule has 0 heterocycles. The Kier molecular flexibility index (Phi) is 21.3. The van der Waals surface area contributed by atoms with Crippen molar-refractivity contribution < 1.29 is 61.7 Å². The van der Waals surface area contributed by atoms with E-state index in [0.29, 0.717) is 83.4 Å². The van der Waals surface area contributed by atoms with Crippen molar-refractivity contribution in [3.8, 4) is 0 Å². The maximum Gasteiger partial charge on any atom is 0.295 e. The molecule has 0 aromatic heterocycles. The lowest BCUT2D eigenvalue weighted by Gasteiger charge is -2.25. The highest BCUT2D eigenvalue weighted by Gasteiger charge is 2.22. The van der Waals surface area contributed by atoms with Crippen molar-refractivity contribution >= 4 is 27.1 Å². The number of hydrogen-bond donors (Lipinski definition) is 5. The van der Waals surface area contributed by atoms with E-state index in [-0.39, 0.29) is 57.8 Å². The van der Waals surface area contributed by atoms with Crippen LogP contribution in [-0.2, 0) is 33.8 Å². The molecule has 2 aromatic carbocycles. The molecule has 0 radical (unpaired) electrons. The molecule has 0 saturated heterocycles. The molecule has 53 heavy (non-hydrogen) atoms. The Labute approximate surface area is 312 Å². The zero-order valence-corrected chi connectivity index (χ0v) is 31.1. The minimum atomic E-state index is -4.57. The summed E-state index contributed by atoms with van der Waals surface area (Å²) in [6.45, 7) is 5.48. The normalized spacial score (nSPS) is 12.8. The van der Waals surface area contributed by atoms with Crippen molar-refractivity contribution in [2.24, 2.45) is 0 Å². The minimum absolute atomic E-state index is 0.0421. The first-order chi connectivity index (χ1) is 25.8. The van der Waals surface area contributed by atoms with Gasteiger partial charge in [0.15, 0.2) is 12.3 Å². The van der Waals surface area contributed by atoms with Gasteiger partial charge in [-0.1, -0.05) is 30.3 Å². The third kappa shape index (κ3) is 15.9. The average molecular weight is 764 g/mol. The number of benzene rings is 2. The van der Waals surface area contributed by atoms with Crippen molar-refractivity contribution in [3.05, 3.63) is 89.5 Å². The van der Waals surface area contributed by atoms with E-state index < -0.39 is 10.1 Å². The van der Waals surface area contributed by atoms with Gasteiger partial charge in [0.2, 0.25) is 0 Å². The van der Waals surface area contributed by atoms with Crippen LogP contribution in [0.15, 0.2) is 83.3 Å². The number of anilines is 1. The van der Waals surface area contributed by atoms with Crippen LogP contribution in [0, 0.1) is 0 Å². The van der Waals surface area contributed by atoms with Crippen molar-refractivity contribution in [1.29, 1.82) is 0 Å². The Bertz CT molecular complexity index is 1560. The van der Waals surface area contributed by atoms with E-state index in [1.165, 1.54) is 6.07 Å². The highest BCUT2D eigenvalue weighted by atomic mass is 32.2. The molecule has 14 nitrogen and oxygen atoms in total. The van der Waals surface area contributed by atoms with Crippen LogP contribution in [0.1, 0.15) is 17.5 Å². The lowest BCUT2D eigenvalue weighted by Crippen LogP contribution is -2.31. The van der Waals surface area contributed by atoms with Crippen LogP contribution in [0.5, 0.6) is 0 Å². The van der Waals surface area contributed by atoms with Crippen LogP contribution >= 0.6 is 0 Å². The van der Waals surface area contributed by atoms with Gasteiger partial charge < -0.3 is 49.0 Å². The number of aliphatic hydroxyl groups excluding tert-OH is 4. The van der Waals surface area contributed by atoms with Crippen LogP contribution in [0.4, 0.5) is 5.69 Å². The van der Waals surface area contributed by atoms with Crippen molar-refractivity contribution in [2.45, 2.75) is 11.3 Å². The molecule has 5 N–H and O–H groups in total. The molecule has 0 bridgehead atoms. The van der Waals surface area contributed by atoms with Crippen LogP contribution in [-0.4, -0.2) is 162 Å². The molecule has 0 amide bonds. The molecular weight excluding hydrogens is 708 g/mol. The first-order valence-electron chi connectivity index (χ1n) is 17.8. The predicted molar refractivity (Wildman–Crippen MR) is 201 cm³/mol. The number of ether oxygens (including phenoxy) is 5. The van der Waals surface area contributed by atoms with Crippen LogP contribution in [0.25, 0.3) is 5.57 Å². The predicted octanol–water partition coefficient (Wildman–Crippen LogP) is 1.56. The summed E-state index contributed by atoms with van der Waals surface area (Å²) in [6, 6.07) is 14.0. The third-order valence-electron chi connectivity index (χ3n) is 8.02. The number of hydrogen-bond acceptors (Lipinski definition) is 12. The first-order valence-corrected chi connectivity index (χ1v) is 19.2. The van der Waals surface area contributed by atoms with Gasteiger partial charge in [0, 0.05) is 42.9 Å². The van der Waals surface area contributed by atoms with E-state index in [1.807, 2.05) is 48.6 Å². The molecular formula is C38H55N2O12S+. The van der Waals surface area contributed by atoms with Crippen LogP contribution in [0.3, 0.4) is 0 Å². The Hall–Kier alpha value is -3.32. The number of aliphatic hydroxyl groups is 4.